The largest absolute Gasteiger partial charge is 0.495 e. The molecule has 1 unspecified atom stereocenters. The molecule has 19 heavy (non-hydrogen) atoms. The van der Waals surface area contributed by atoms with Gasteiger partial charge in [-0.05, 0) is 35.7 Å². The number of hydrogen-bond donors (Lipinski definition) is 1. The molecule has 0 amide bonds. The van der Waals surface area contributed by atoms with Crippen molar-refractivity contribution in [1.29, 1.82) is 0 Å². The maximum atomic E-state index is 10.3. The molecule has 2 aromatic rings. The Morgan fingerprint density at radius 3 is 2.58 bits per heavy atom. The van der Waals surface area contributed by atoms with E-state index in [4.69, 9.17) is 16.3 Å². The van der Waals surface area contributed by atoms with Crippen LogP contribution >= 0.6 is 11.6 Å². The highest BCUT2D eigenvalue weighted by atomic mass is 35.5. The van der Waals surface area contributed by atoms with Crippen LogP contribution in [-0.2, 0) is 6.42 Å². The van der Waals surface area contributed by atoms with Crippen LogP contribution in [0.3, 0.4) is 0 Å². The molecule has 2 rings (SSSR count). The third-order valence-electron chi connectivity index (χ3n) is 3.24. The van der Waals surface area contributed by atoms with Crippen LogP contribution in [0.2, 0.25) is 5.02 Å². The van der Waals surface area contributed by atoms with Crippen LogP contribution in [0.4, 0.5) is 0 Å². The van der Waals surface area contributed by atoms with Gasteiger partial charge in [0.2, 0.25) is 0 Å². The first kappa shape index (κ1) is 13.9. The lowest BCUT2D eigenvalue weighted by Crippen LogP contribution is -2.03. The van der Waals surface area contributed by atoms with Crippen molar-refractivity contribution >= 4 is 11.6 Å². The Balaban J connectivity index is 2.18. The molecule has 0 aliphatic heterocycles. The van der Waals surface area contributed by atoms with Crippen LogP contribution in [-0.4, -0.2) is 12.2 Å². The molecule has 2 aromatic carbocycles. The number of methoxy groups -OCH3 is 1. The van der Waals surface area contributed by atoms with E-state index in [0.717, 1.165) is 11.1 Å². The van der Waals surface area contributed by atoms with Crippen molar-refractivity contribution in [1.82, 2.24) is 0 Å². The van der Waals surface area contributed by atoms with Gasteiger partial charge in [0, 0.05) is 6.42 Å². The average Bonchev–Trinajstić information content (AvgIpc) is 2.41. The molecule has 1 atom stereocenters. The van der Waals surface area contributed by atoms with Gasteiger partial charge in [-0.1, -0.05) is 41.9 Å². The number of ether oxygens (including phenoxy) is 1. The molecule has 0 spiro atoms. The Morgan fingerprint density at radius 2 is 1.95 bits per heavy atom. The number of hydrogen-bond acceptors (Lipinski definition) is 2. The van der Waals surface area contributed by atoms with Gasteiger partial charge < -0.3 is 9.84 Å². The molecule has 2 nitrogen and oxygen atoms in total. The molecule has 0 fully saturated rings. The van der Waals surface area contributed by atoms with E-state index in [9.17, 15) is 5.11 Å². The Hall–Kier alpha value is -1.51. The molecular formula is C16H17ClO2. The normalized spacial score (nSPS) is 12.2. The minimum atomic E-state index is -0.565. The predicted octanol–water partition coefficient (Wildman–Crippen LogP) is 3.93. The smallest absolute Gasteiger partial charge is 0.137 e. The summed E-state index contributed by atoms with van der Waals surface area (Å²) in [7, 11) is 1.57. The summed E-state index contributed by atoms with van der Waals surface area (Å²) in [5, 5.41) is 10.8. The lowest BCUT2D eigenvalue weighted by Gasteiger charge is -2.14. The van der Waals surface area contributed by atoms with E-state index in [1.807, 2.05) is 37.3 Å². The monoisotopic (exact) mass is 276 g/mol. The maximum absolute atomic E-state index is 10.3. The number of aryl methyl sites for hydroxylation is 1. The molecule has 0 bridgehead atoms. The molecule has 0 aromatic heterocycles. The van der Waals surface area contributed by atoms with Gasteiger partial charge in [-0.3, -0.25) is 0 Å². The third kappa shape index (κ3) is 3.28. The first-order chi connectivity index (χ1) is 9.11. The van der Waals surface area contributed by atoms with Gasteiger partial charge in [0.25, 0.3) is 0 Å². The van der Waals surface area contributed by atoms with Crippen molar-refractivity contribution in [3.8, 4) is 5.75 Å². The molecular weight excluding hydrogens is 260 g/mol. The van der Waals surface area contributed by atoms with Gasteiger partial charge in [0.1, 0.15) is 5.75 Å². The number of aliphatic hydroxyl groups is 1. The van der Waals surface area contributed by atoms with Crippen LogP contribution < -0.4 is 4.74 Å². The highest BCUT2D eigenvalue weighted by Crippen LogP contribution is 2.29. The Kier molecular flexibility index (Phi) is 4.46. The van der Waals surface area contributed by atoms with Crippen molar-refractivity contribution in [2.45, 2.75) is 19.4 Å². The Bertz CT molecular complexity index is 566. The van der Waals surface area contributed by atoms with Gasteiger partial charge in [-0.25, -0.2) is 0 Å². The van der Waals surface area contributed by atoms with Crippen molar-refractivity contribution in [3.63, 3.8) is 0 Å². The first-order valence-corrected chi connectivity index (χ1v) is 6.55. The number of benzene rings is 2. The first-order valence-electron chi connectivity index (χ1n) is 6.18. The van der Waals surface area contributed by atoms with Gasteiger partial charge in [0.05, 0.1) is 18.2 Å². The molecule has 0 heterocycles. The summed E-state index contributed by atoms with van der Waals surface area (Å²) < 4.78 is 5.10. The standard InChI is InChI=1S/C16H17ClO2/c1-11-5-3-4-6-12(11)10-15(18)13-7-8-16(19-2)14(17)9-13/h3-9,15,18H,10H2,1-2H3. The zero-order valence-corrected chi connectivity index (χ0v) is 11.8. The summed E-state index contributed by atoms with van der Waals surface area (Å²) in [5.41, 5.74) is 3.12. The minimum Gasteiger partial charge on any atom is -0.495 e. The summed E-state index contributed by atoms with van der Waals surface area (Å²) in [5.74, 6) is 0.619. The molecule has 100 valence electrons. The summed E-state index contributed by atoms with van der Waals surface area (Å²) in [6, 6.07) is 13.4. The van der Waals surface area contributed by atoms with Crippen molar-refractivity contribution in [2.24, 2.45) is 0 Å². The second-order valence-electron chi connectivity index (χ2n) is 4.54. The summed E-state index contributed by atoms with van der Waals surface area (Å²) >= 11 is 6.07. The fourth-order valence-electron chi connectivity index (χ4n) is 2.06. The van der Waals surface area contributed by atoms with Crippen molar-refractivity contribution < 1.29 is 9.84 Å². The fourth-order valence-corrected chi connectivity index (χ4v) is 2.32. The van der Waals surface area contributed by atoms with E-state index in [0.29, 0.717) is 17.2 Å². The van der Waals surface area contributed by atoms with E-state index < -0.39 is 6.10 Å². The van der Waals surface area contributed by atoms with Crippen LogP contribution in [0.1, 0.15) is 22.8 Å². The number of halogens is 1. The van der Waals surface area contributed by atoms with Crippen molar-refractivity contribution in [3.05, 3.63) is 64.2 Å². The minimum absolute atomic E-state index is 0.517. The topological polar surface area (TPSA) is 29.5 Å². The number of aliphatic hydroxyl groups excluding tert-OH is 1. The Morgan fingerprint density at radius 1 is 1.21 bits per heavy atom. The van der Waals surface area contributed by atoms with Gasteiger partial charge in [-0.15, -0.1) is 0 Å². The van der Waals surface area contributed by atoms with Crippen LogP contribution in [0.25, 0.3) is 0 Å². The zero-order chi connectivity index (χ0) is 13.8. The van der Waals surface area contributed by atoms with E-state index in [-0.39, 0.29) is 0 Å². The van der Waals surface area contributed by atoms with E-state index in [2.05, 4.69) is 0 Å². The predicted molar refractivity (Wildman–Crippen MR) is 77.8 cm³/mol. The lowest BCUT2D eigenvalue weighted by molar-refractivity contribution is 0.178. The fraction of sp³-hybridized carbons (Fsp3) is 0.250. The molecule has 0 saturated carbocycles. The lowest BCUT2D eigenvalue weighted by atomic mass is 9.98. The van der Waals surface area contributed by atoms with E-state index in [1.54, 1.807) is 19.2 Å². The summed E-state index contributed by atoms with van der Waals surface area (Å²) in [4.78, 5) is 0. The van der Waals surface area contributed by atoms with Gasteiger partial charge in [-0.2, -0.15) is 0 Å². The van der Waals surface area contributed by atoms with Gasteiger partial charge in [0.15, 0.2) is 0 Å². The van der Waals surface area contributed by atoms with Crippen LogP contribution in [0.5, 0.6) is 5.75 Å². The van der Waals surface area contributed by atoms with Crippen LogP contribution in [0.15, 0.2) is 42.5 Å². The van der Waals surface area contributed by atoms with Crippen LogP contribution in [0, 0.1) is 6.92 Å². The second-order valence-corrected chi connectivity index (χ2v) is 4.95. The summed E-state index contributed by atoms with van der Waals surface area (Å²) in [6.45, 7) is 2.04. The average molecular weight is 277 g/mol. The third-order valence-corrected chi connectivity index (χ3v) is 3.53. The molecule has 0 radical (unpaired) electrons. The zero-order valence-electron chi connectivity index (χ0n) is 11.1. The SMILES string of the molecule is COc1ccc(C(O)Cc2ccccc2C)cc1Cl. The highest BCUT2D eigenvalue weighted by molar-refractivity contribution is 6.32. The maximum Gasteiger partial charge on any atom is 0.137 e. The second kappa shape index (κ2) is 6.09. The van der Waals surface area contributed by atoms with E-state index in [1.165, 1.54) is 5.56 Å². The molecule has 3 heteroatoms. The number of rotatable bonds is 4. The molecule has 0 aliphatic carbocycles. The molecule has 1 N–H and O–H groups in total. The van der Waals surface area contributed by atoms with E-state index >= 15 is 0 Å². The van der Waals surface area contributed by atoms with Crippen molar-refractivity contribution in [2.75, 3.05) is 7.11 Å². The summed E-state index contributed by atoms with van der Waals surface area (Å²) in [6.07, 6.45) is 0.0134. The Labute approximate surface area is 118 Å². The van der Waals surface area contributed by atoms with Gasteiger partial charge >= 0.3 is 0 Å². The highest BCUT2D eigenvalue weighted by Gasteiger charge is 2.12. The molecule has 0 saturated heterocycles. The molecule has 0 aliphatic rings. The quantitative estimate of drug-likeness (QED) is 0.917.